The molecule has 0 aliphatic carbocycles. The number of anilines is 1. The molecule has 1 atom stereocenters. The predicted octanol–water partition coefficient (Wildman–Crippen LogP) is 1.95. The first-order valence-electron chi connectivity index (χ1n) is 5.83. The van der Waals surface area contributed by atoms with Crippen molar-refractivity contribution in [3.8, 4) is 0 Å². The summed E-state index contributed by atoms with van der Waals surface area (Å²) >= 11 is 0. The summed E-state index contributed by atoms with van der Waals surface area (Å²) in [6.07, 6.45) is 4.04. The van der Waals surface area contributed by atoms with E-state index in [9.17, 15) is 9.59 Å². The van der Waals surface area contributed by atoms with Crippen LogP contribution in [-0.2, 0) is 16.0 Å². The van der Waals surface area contributed by atoms with Gasteiger partial charge < -0.3 is 9.53 Å². The number of hydrogen-bond donors (Lipinski definition) is 0. The first kappa shape index (κ1) is 12.5. The van der Waals surface area contributed by atoms with E-state index in [1.165, 1.54) is 4.90 Å². The summed E-state index contributed by atoms with van der Waals surface area (Å²) in [6.45, 7) is 5.39. The summed E-state index contributed by atoms with van der Waals surface area (Å²) in [7, 11) is 0. The molecule has 1 aliphatic rings. The van der Waals surface area contributed by atoms with Crippen LogP contribution in [-0.4, -0.2) is 29.0 Å². The largest absolute Gasteiger partial charge is 0.443 e. The molecule has 0 N–H and O–H groups in total. The molecule has 5 nitrogen and oxygen atoms in total. The van der Waals surface area contributed by atoms with Gasteiger partial charge in [-0.05, 0) is 32.4 Å². The van der Waals surface area contributed by atoms with Crippen LogP contribution in [0.5, 0.6) is 0 Å². The Morgan fingerprint density at radius 2 is 2.28 bits per heavy atom. The molecule has 0 saturated heterocycles. The minimum Gasteiger partial charge on any atom is -0.443 e. The Morgan fingerprint density at radius 3 is 2.89 bits per heavy atom. The Labute approximate surface area is 106 Å². The Bertz CT molecular complexity index is 479. The smallest absolute Gasteiger partial charge is 0.415 e. The number of hydrogen-bond acceptors (Lipinski definition) is 4. The van der Waals surface area contributed by atoms with Gasteiger partial charge >= 0.3 is 6.09 Å². The molecular weight excluding hydrogens is 232 g/mol. The van der Waals surface area contributed by atoms with Crippen LogP contribution in [0.2, 0.25) is 0 Å². The van der Waals surface area contributed by atoms with Gasteiger partial charge in [0.25, 0.3) is 0 Å². The van der Waals surface area contributed by atoms with Gasteiger partial charge in [-0.3, -0.25) is 9.88 Å². The summed E-state index contributed by atoms with van der Waals surface area (Å²) in [5.41, 5.74) is 1.01. The number of rotatable bonds is 1. The predicted molar refractivity (Wildman–Crippen MR) is 66.5 cm³/mol. The van der Waals surface area contributed by atoms with Crippen LogP contribution in [0.3, 0.4) is 0 Å². The first-order valence-corrected chi connectivity index (χ1v) is 5.83. The number of carbonyl (C=O) groups is 2. The first-order chi connectivity index (χ1) is 8.42. The average molecular weight is 248 g/mol. The molecule has 1 aliphatic heterocycles. The molecule has 2 rings (SSSR count). The van der Waals surface area contributed by atoms with Crippen molar-refractivity contribution in [2.24, 2.45) is 0 Å². The van der Waals surface area contributed by atoms with E-state index in [1.54, 1.807) is 39.2 Å². The number of nitrogens with zero attached hydrogens (tertiary/aromatic N) is 2. The van der Waals surface area contributed by atoms with Crippen LogP contribution in [0.15, 0.2) is 18.5 Å². The highest BCUT2D eigenvalue weighted by Gasteiger charge is 2.36. The van der Waals surface area contributed by atoms with Crippen LogP contribution in [0, 0.1) is 0 Å². The highest BCUT2D eigenvalue weighted by Crippen LogP contribution is 2.31. The lowest BCUT2D eigenvalue weighted by Gasteiger charge is -2.26. The van der Waals surface area contributed by atoms with E-state index in [2.05, 4.69) is 4.98 Å². The van der Waals surface area contributed by atoms with Crippen molar-refractivity contribution in [3.05, 3.63) is 24.0 Å². The van der Waals surface area contributed by atoms with E-state index >= 15 is 0 Å². The van der Waals surface area contributed by atoms with Crippen LogP contribution < -0.4 is 4.90 Å². The fraction of sp³-hybridized carbons (Fsp3) is 0.462. The number of aromatic nitrogens is 1. The molecule has 1 aromatic rings. The molecule has 96 valence electrons. The van der Waals surface area contributed by atoms with Crippen molar-refractivity contribution < 1.29 is 14.3 Å². The summed E-state index contributed by atoms with van der Waals surface area (Å²) in [4.78, 5) is 28.6. The second kappa shape index (κ2) is 4.40. The van der Waals surface area contributed by atoms with Crippen LogP contribution in [0.1, 0.15) is 26.3 Å². The molecule has 18 heavy (non-hydrogen) atoms. The number of carbonyl (C=O) groups excluding carboxylic acids is 2. The van der Waals surface area contributed by atoms with Crippen LogP contribution in [0.4, 0.5) is 10.5 Å². The van der Waals surface area contributed by atoms with E-state index in [4.69, 9.17) is 4.74 Å². The molecule has 0 fully saturated rings. The van der Waals surface area contributed by atoms with Crippen molar-refractivity contribution in [2.45, 2.75) is 38.8 Å². The minimum atomic E-state index is -0.583. The van der Waals surface area contributed by atoms with E-state index in [0.717, 1.165) is 11.8 Å². The Balaban J connectivity index is 2.30. The molecule has 0 saturated carbocycles. The zero-order chi connectivity index (χ0) is 13.3. The van der Waals surface area contributed by atoms with E-state index in [0.29, 0.717) is 12.1 Å². The molecule has 1 amide bonds. The lowest BCUT2D eigenvalue weighted by Crippen LogP contribution is -2.42. The maximum Gasteiger partial charge on any atom is 0.415 e. The van der Waals surface area contributed by atoms with Crippen molar-refractivity contribution in [3.63, 3.8) is 0 Å². The second-order valence-electron chi connectivity index (χ2n) is 5.26. The lowest BCUT2D eigenvalue weighted by molar-refractivity contribution is -0.108. The molecule has 1 unspecified atom stereocenters. The van der Waals surface area contributed by atoms with Gasteiger partial charge in [-0.2, -0.15) is 0 Å². The average Bonchev–Trinajstić information content (AvgIpc) is 2.64. The Morgan fingerprint density at radius 1 is 1.56 bits per heavy atom. The molecule has 5 heteroatoms. The Kier molecular flexibility index (Phi) is 3.07. The van der Waals surface area contributed by atoms with Gasteiger partial charge in [0.2, 0.25) is 0 Å². The van der Waals surface area contributed by atoms with Gasteiger partial charge in [-0.1, -0.05) is 0 Å². The molecule has 2 heterocycles. The normalized spacial score (nSPS) is 18.4. The summed E-state index contributed by atoms with van der Waals surface area (Å²) in [6, 6.07) is 1.22. The number of fused-ring (bicyclic) bond motifs is 1. The van der Waals surface area contributed by atoms with Crippen molar-refractivity contribution >= 4 is 18.1 Å². The van der Waals surface area contributed by atoms with E-state index < -0.39 is 17.7 Å². The van der Waals surface area contributed by atoms with Gasteiger partial charge in [-0.25, -0.2) is 4.79 Å². The number of amides is 1. The summed E-state index contributed by atoms with van der Waals surface area (Å²) in [5, 5.41) is 0. The zero-order valence-electron chi connectivity index (χ0n) is 10.7. The topological polar surface area (TPSA) is 59.5 Å². The molecule has 0 aromatic carbocycles. The number of pyridine rings is 1. The second-order valence-corrected chi connectivity index (χ2v) is 5.26. The minimum absolute atomic E-state index is 0.492. The third kappa shape index (κ3) is 2.34. The monoisotopic (exact) mass is 248 g/mol. The number of aldehydes is 1. The quantitative estimate of drug-likeness (QED) is 0.713. The highest BCUT2D eigenvalue weighted by molar-refractivity contribution is 5.95. The van der Waals surface area contributed by atoms with Gasteiger partial charge in [0.15, 0.2) is 0 Å². The maximum absolute atomic E-state index is 12.1. The van der Waals surface area contributed by atoms with Crippen molar-refractivity contribution in [1.82, 2.24) is 4.98 Å². The third-order valence-corrected chi connectivity index (χ3v) is 2.65. The van der Waals surface area contributed by atoms with Gasteiger partial charge in [0, 0.05) is 18.8 Å². The molecular formula is C13H16N2O3. The Hall–Kier alpha value is -1.91. The van der Waals surface area contributed by atoms with Gasteiger partial charge in [0.1, 0.15) is 11.9 Å². The fourth-order valence-electron chi connectivity index (χ4n) is 1.96. The number of ether oxygens (including phenoxy) is 1. The molecule has 0 spiro atoms. The molecule has 0 bridgehead atoms. The zero-order valence-corrected chi connectivity index (χ0v) is 10.7. The van der Waals surface area contributed by atoms with Crippen molar-refractivity contribution in [2.75, 3.05) is 4.90 Å². The SMILES string of the molecule is CC(C)(C)OC(=O)N1c2ccncc2CC1C=O. The molecule has 0 radical (unpaired) electrons. The van der Waals surface area contributed by atoms with E-state index in [1.807, 2.05) is 0 Å². The van der Waals surface area contributed by atoms with Crippen LogP contribution >= 0.6 is 0 Å². The standard InChI is InChI=1S/C13H16N2O3/c1-13(2,3)18-12(17)15-10(8-16)6-9-7-14-5-4-11(9)15/h4-5,7-8,10H,6H2,1-3H3. The highest BCUT2D eigenvalue weighted by atomic mass is 16.6. The summed E-state index contributed by atoms with van der Waals surface area (Å²) in [5.74, 6) is 0. The third-order valence-electron chi connectivity index (χ3n) is 2.65. The summed E-state index contributed by atoms with van der Waals surface area (Å²) < 4.78 is 5.32. The van der Waals surface area contributed by atoms with Crippen molar-refractivity contribution in [1.29, 1.82) is 0 Å². The van der Waals surface area contributed by atoms with E-state index in [-0.39, 0.29) is 0 Å². The fourth-order valence-corrected chi connectivity index (χ4v) is 1.96. The molecule has 1 aromatic heterocycles. The maximum atomic E-state index is 12.1. The van der Waals surface area contributed by atoms with Gasteiger partial charge in [0.05, 0.1) is 11.7 Å². The lowest BCUT2D eigenvalue weighted by atomic mass is 10.2. The van der Waals surface area contributed by atoms with Crippen LogP contribution in [0.25, 0.3) is 0 Å². The van der Waals surface area contributed by atoms with Gasteiger partial charge in [-0.15, -0.1) is 0 Å².